The third-order valence-corrected chi connectivity index (χ3v) is 5.02. The highest BCUT2D eigenvalue weighted by molar-refractivity contribution is 5.85. The molecule has 0 bridgehead atoms. The zero-order chi connectivity index (χ0) is 13.8. The minimum absolute atomic E-state index is 0. The lowest BCUT2D eigenvalue weighted by Crippen LogP contribution is -2.53. The Balaban J connectivity index is 0.00000200. The van der Waals surface area contributed by atoms with Crippen LogP contribution < -0.4 is 5.73 Å². The van der Waals surface area contributed by atoms with Crippen molar-refractivity contribution in [2.24, 2.45) is 17.6 Å². The van der Waals surface area contributed by atoms with Crippen LogP contribution in [0.4, 0.5) is 0 Å². The molecule has 1 saturated heterocycles. The van der Waals surface area contributed by atoms with Crippen LogP contribution in [0.5, 0.6) is 0 Å². The zero-order valence-corrected chi connectivity index (χ0v) is 13.8. The molecule has 0 radical (unpaired) electrons. The van der Waals surface area contributed by atoms with Gasteiger partial charge < -0.3 is 10.6 Å². The van der Waals surface area contributed by atoms with E-state index in [4.69, 9.17) is 5.73 Å². The molecule has 0 aromatic carbocycles. The first-order chi connectivity index (χ1) is 9.09. The van der Waals surface area contributed by atoms with Gasteiger partial charge in [0.2, 0.25) is 5.91 Å². The third kappa shape index (κ3) is 4.36. The van der Waals surface area contributed by atoms with Crippen molar-refractivity contribution in [2.45, 2.75) is 77.3 Å². The van der Waals surface area contributed by atoms with Gasteiger partial charge in [0.05, 0.1) is 0 Å². The van der Waals surface area contributed by atoms with Crippen LogP contribution >= 0.6 is 12.4 Å². The maximum Gasteiger partial charge on any atom is 0.225 e. The molecule has 2 aliphatic rings. The molecular formula is C16H31ClN2O. The minimum atomic E-state index is 0. The molecule has 1 aliphatic heterocycles. The number of nitrogens with two attached hydrogens (primary N) is 1. The predicted octanol–water partition coefficient (Wildman–Crippen LogP) is 3.35. The fraction of sp³-hybridized carbons (Fsp3) is 0.938. The van der Waals surface area contributed by atoms with Crippen LogP contribution in [-0.4, -0.2) is 29.4 Å². The molecule has 1 heterocycles. The largest absolute Gasteiger partial charge is 0.338 e. The summed E-state index contributed by atoms with van der Waals surface area (Å²) >= 11 is 0. The SMILES string of the molecule is CC(CC1CCCC1)C(=O)N1CCCCC1C(C)N.Cl. The van der Waals surface area contributed by atoms with E-state index in [9.17, 15) is 4.79 Å². The molecule has 2 fully saturated rings. The average molecular weight is 303 g/mol. The molecule has 0 spiro atoms. The Morgan fingerprint density at radius 3 is 2.35 bits per heavy atom. The van der Waals surface area contributed by atoms with Gasteiger partial charge in [0, 0.05) is 24.5 Å². The second-order valence-corrected chi connectivity index (χ2v) is 6.74. The van der Waals surface area contributed by atoms with Crippen LogP contribution in [0, 0.1) is 11.8 Å². The number of halogens is 1. The van der Waals surface area contributed by atoms with Crippen molar-refractivity contribution in [3.05, 3.63) is 0 Å². The zero-order valence-electron chi connectivity index (χ0n) is 13.0. The van der Waals surface area contributed by atoms with Crippen molar-refractivity contribution < 1.29 is 4.79 Å². The van der Waals surface area contributed by atoms with E-state index in [1.165, 1.54) is 32.1 Å². The summed E-state index contributed by atoms with van der Waals surface area (Å²) in [7, 11) is 0. The maximum absolute atomic E-state index is 12.7. The Kier molecular flexibility index (Phi) is 7.32. The van der Waals surface area contributed by atoms with Crippen molar-refractivity contribution in [3.8, 4) is 0 Å². The van der Waals surface area contributed by atoms with Gasteiger partial charge in [-0.15, -0.1) is 12.4 Å². The van der Waals surface area contributed by atoms with Gasteiger partial charge in [0.15, 0.2) is 0 Å². The Labute approximate surface area is 130 Å². The lowest BCUT2D eigenvalue weighted by Gasteiger charge is -2.39. The van der Waals surface area contributed by atoms with Crippen LogP contribution in [-0.2, 0) is 4.79 Å². The van der Waals surface area contributed by atoms with Gasteiger partial charge in [-0.25, -0.2) is 0 Å². The molecule has 2 N–H and O–H groups in total. The van der Waals surface area contributed by atoms with Gasteiger partial charge >= 0.3 is 0 Å². The summed E-state index contributed by atoms with van der Waals surface area (Å²) in [5.74, 6) is 1.33. The van der Waals surface area contributed by atoms with E-state index < -0.39 is 0 Å². The number of amides is 1. The molecular weight excluding hydrogens is 272 g/mol. The summed E-state index contributed by atoms with van der Waals surface area (Å²) in [6.07, 6.45) is 9.90. The molecule has 0 aromatic rings. The number of likely N-dealkylation sites (tertiary alicyclic amines) is 1. The van der Waals surface area contributed by atoms with Gasteiger partial charge in [-0.3, -0.25) is 4.79 Å². The predicted molar refractivity (Wildman–Crippen MR) is 86.0 cm³/mol. The summed E-state index contributed by atoms with van der Waals surface area (Å²) < 4.78 is 0. The van der Waals surface area contributed by atoms with Crippen molar-refractivity contribution in [3.63, 3.8) is 0 Å². The number of hydrogen-bond acceptors (Lipinski definition) is 2. The fourth-order valence-corrected chi connectivity index (χ4v) is 3.91. The molecule has 0 aromatic heterocycles. The van der Waals surface area contributed by atoms with Crippen molar-refractivity contribution in [2.75, 3.05) is 6.54 Å². The molecule has 1 aliphatic carbocycles. The molecule has 118 valence electrons. The standard InChI is InChI=1S/C16H30N2O.ClH/c1-12(11-14-7-3-4-8-14)16(19)18-10-6-5-9-15(18)13(2)17;/h12-15H,3-11,17H2,1-2H3;1H. The van der Waals surface area contributed by atoms with E-state index in [-0.39, 0.29) is 30.4 Å². The monoisotopic (exact) mass is 302 g/mol. The smallest absolute Gasteiger partial charge is 0.225 e. The third-order valence-electron chi connectivity index (χ3n) is 5.02. The lowest BCUT2D eigenvalue weighted by atomic mass is 9.90. The van der Waals surface area contributed by atoms with E-state index in [0.717, 1.165) is 31.7 Å². The first-order valence-corrected chi connectivity index (χ1v) is 8.15. The molecule has 20 heavy (non-hydrogen) atoms. The molecule has 1 amide bonds. The number of rotatable bonds is 4. The number of nitrogens with zero attached hydrogens (tertiary/aromatic N) is 1. The summed E-state index contributed by atoms with van der Waals surface area (Å²) in [5.41, 5.74) is 6.07. The minimum Gasteiger partial charge on any atom is -0.338 e. The van der Waals surface area contributed by atoms with Crippen LogP contribution in [0.2, 0.25) is 0 Å². The van der Waals surface area contributed by atoms with E-state index >= 15 is 0 Å². The summed E-state index contributed by atoms with van der Waals surface area (Å²) in [5, 5.41) is 0. The Bertz CT molecular complexity index is 303. The van der Waals surface area contributed by atoms with Crippen LogP contribution in [0.1, 0.15) is 65.2 Å². The number of carbonyl (C=O) groups is 1. The summed E-state index contributed by atoms with van der Waals surface area (Å²) in [6.45, 7) is 5.07. The Morgan fingerprint density at radius 2 is 1.75 bits per heavy atom. The van der Waals surface area contributed by atoms with Gasteiger partial charge in [-0.05, 0) is 38.5 Å². The molecule has 1 saturated carbocycles. The van der Waals surface area contributed by atoms with E-state index in [0.29, 0.717) is 5.91 Å². The Hall–Kier alpha value is -0.280. The molecule has 3 nitrogen and oxygen atoms in total. The maximum atomic E-state index is 12.7. The number of carbonyl (C=O) groups excluding carboxylic acids is 1. The molecule has 3 unspecified atom stereocenters. The van der Waals surface area contributed by atoms with Gasteiger partial charge in [0.25, 0.3) is 0 Å². The van der Waals surface area contributed by atoms with E-state index in [2.05, 4.69) is 11.8 Å². The van der Waals surface area contributed by atoms with E-state index in [1.54, 1.807) is 0 Å². The molecule has 3 atom stereocenters. The Morgan fingerprint density at radius 1 is 1.15 bits per heavy atom. The van der Waals surface area contributed by atoms with Crippen LogP contribution in [0.15, 0.2) is 0 Å². The highest BCUT2D eigenvalue weighted by Gasteiger charge is 2.32. The molecule has 2 rings (SSSR count). The van der Waals surface area contributed by atoms with Crippen molar-refractivity contribution in [1.29, 1.82) is 0 Å². The van der Waals surface area contributed by atoms with Crippen LogP contribution in [0.25, 0.3) is 0 Å². The summed E-state index contributed by atoms with van der Waals surface area (Å²) in [6, 6.07) is 0.371. The summed E-state index contributed by atoms with van der Waals surface area (Å²) in [4.78, 5) is 14.8. The van der Waals surface area contributed by atoms with Crippen molar-refractivity contribution >= 4 is 18.3 Å². The lowest BCUT2D eigenvalue weighted by molar-refractivity contribution is -0.139. The topological polar surface area (TPSA) is 46.3 Å². The fourth-order valence-electron chi connectivity index (χ4n) is 3.91. The highest BCUT2D eigenvalue weighted by atomic mass is 35.5. The average Bonchev–Trinajstić information content (AvgIpc) is 2.90. The quantitative estimate of drug-likeness (QED) is 0.865. The van der Waals surface area contributed by atoms with E-state index in [1.807, 2.05) is 6.92 Å². The first kappa shape index (κ1) is 17.8. The molecule has 4 heteroatoms. The first-order valence-electron chi connectivity index (χ1n) is 8.15. The van der Waals surface area contributed by atoms with Crippen LogP contribution in [0.3, 0.4) is 0 Å². The second-order valence-electron chi connectivity index (χ2n) is 6.74. The van der Waals surface area contributed by atoms with Gasteiger partial charge in [-0.1, -0.05) is 32.6 Å². The number of piperidine rings is 1. The highest BCUT2D eigenvalue weighted by Crippen LogP contribution is 2.31. The van der Waals surface area contributed by atoms with Crippen molar-refractivity contribution in [1.82, 2.24) is 4.90 Å². The van der Waals surface area contributed by atoms with Gasteiger partial charge in [0.1, 0.15) is 0 Å². The van der Waals surface area contributed by atoms with Gasteiger partial charge in [-0.2, -0.15) is 0 Å². The number of hydrogen-bond donors (Lipinski definition) is 1. The second kappa shape index (κ2) is 8.23. The normalized spacial score (nSPS) is 26.9.